The largest absolute Gasteiger partial charge is 0.508 e. The fraction of sp³-hybridized carbons (Fsp3) is 0.440. The Bertz CT molecular complexity index is 957. The van der Waals surface area contributed by atoms with E-state index in [9.17, 15) is 19.1 Å². The van der Waals surface area contributed by atoms with Gasteiger partial charge in [0.05, 0.1) is 6.10 Å². The van der Waals surface area contributed by atoms with Crippen LogP contribution in [0.2, 0.25) is 0 Å². The molecule has 0 radical (unpaired) electrons. The number of ether oxygens (including phenoxy) is 3. The highest BCUT2D eigenvalue weighted by atomic mass is 19.1. The number of benzene rings is 2. The maximum atomic E-state index is 14.6. The molecule has 2 aromatic carbocycles. The predicted molar refractivity (Wildman–Crippen MR) is 115 cm³/mol. The van der Waals surface area contributed by atoms with Crippen molar-refractivity contribution < 1.29 is 33.3 Å². The Morgan fingerprint density at radius 2 is 1.66 bits per heavy atom. The van der Waals surface area contributed by atoms with Crippen LogP contribution in [0.3, 0.4) is 0 Å². The van der Waals surface area contributed by atoms with Gasteiger partial charge < -0.3 is 19.3 Å². The Morgan fingerprint density at radius 1 is 1.03 bits per heavy atom. The van der Waals surface area contributed by atoms with Crippen molar-refractivity contribution in [2.24, 2.45) is 5.92 Å². The van der Waals surface area contributed by atoms with Gasteiger partial charge >= 0.3 is 11.9 Å². The summed E-state index contributed by atoms with van der Waals surface area (Å²) in [7, 11) is 0. The molecule has 1 N–H and O–H groups in total. The third-order valence-corrected chi connectivity index (χ3v) is 5.78. The van der Waals surface area contributed by atoms with Crippen LogP contribution >= 0.6 is 0 Å². The average Bonchev–Trinajstić information content (AvgIpc) is 2.73. The number of carbonyl (C=O) groups excluding carboxylic acids is 2. The third-order valence-electron chi connectivity index (χ3n) is 5.78. The summed E-state index contributed by atoms with van der Waals surface area (Å²) < 4.78 is 32.1. The fourth-order valence-electron chi connectivity index (χ4n) is 4.24. The molecule has 1 fully saturated rings. The van der Waals surface area contributed by atoms with Crippen molar-refractivity contribution in [1.82, 2.24) is 0 Å². The molecule has 0 spiro atoms. The molecule has 0 saturated carbocycles. The van der Waals surface area contributed by atoms with E-state index in [1.165, 1.54) is 19.9 Å². The zero-order chi connectivity index (χ0) is 23.4. The molecule has 0 amide bonds. The van der Waals surface area contributed by atoms with E-state index in [1.807, 2.05) is 13.8 Å². The molecular formula is C25H29FO6. The van der Waals surface area contributed by atoms with Crippen LogP contribution in [-0.2, 0) is 30.2 Å². The lowest BCUT2D eigenvalue weighted by Gasteiger charge is -2.44. The Morgan fingerprint density at radius 3 is 2.25 bits per heavy atom. The molecule has 172 valence electrons. The van der Waals surface area contributed by atoms with Gasteiger partial charge in [0.15, 0.2) is 6.10 Å². The van der Waals surface area contributed by atoms with Crippen molar-refractivity contribution in [2.75, 3.05) is 0 Å². The second-order valence-electron chi connectivity index (χ2n) is 8.20. The zero-order valence-corrected chi connectivity index (χ0v) is 18.7. The number of hydrogen-bond donors (Lipinski definition) is 1. The van der Waals surface area contributed by atoms with E-state index in [4.69, 9.17) is 14.2 Å². The average molecular weight is 444 g/mol. The van der Waals surface area contributed by atoms with Crippen molar-refractivity contribution in [2.45, 2.75) is 65.0 Å². The van der Waals surface area contributed by atoms with Crippen molar-refractivity contribution >= 4 is 11.9 Å². The van der Waals surface area contributed by atoms with Crippen LogP contribution in [0.1, 0.15) is 56.9 Å². The number of hydrogen-bond acceptors (Lipinski definition) is 6. The number of carbonyl (C=O) groups is 2. The Labute approximate surface area is 187 Å². The van der Waals surface area contributed by atoms with Gasteiger partial charge in [-0.3, -0.25) is 9.59 Å². The summed E-state index contributed by atoms with van der Waals surface area (Å²) in [6.07, 6.45) is -1.52. The summed E-state index contributed by atoms with van der Waals surface area (Å²) in [6.45, 7) is 6.47. The van der Waals surface area contributed by atoms with Gasteiger partial charge in [0.25, 0.3) is 0 Å². The highest BCUT2D eigenvalue weighted by Crippen LogP contribution is 2.40. The van der Waals surface area contributed by atoms with E-state index in [-0.39, 0.29) is 23.6 Å². The van der Waals surface area contributed by atoms with Gasteiger partial charge in [0.1, 0.15) is 23.8 Å². The molecule has 0 unspecified atom stereocenters. The quantitative estimate of drug-likeness (QED) is 0.662. The monoisotopic (exact) mass is 444 g/mol. The van der Waals surface area contributed by atoms with E-state index in [2.05, 4.69) is 0 Å². The minimum atomic E-state index is -0.860. The van der Waals surface area contributed by atoms with Crippen LogP contribution in [0, 0.1) is 11.7 Å². The molecule has 1 aliphatic heterocycles. The van der Waals surface area contributed by atoms with Crippen LogP contribution in [0.4, 0.5) is 4.39 Å². The molecule has 0 aromatic heterocycles. The van der Waals surface area contributed by atoms with Gasteiger partial charge in [0.2, 0.25) is 0 Å². The predicted octanol–water partition coefficient (Wildman–Crippen LogP) is 4.47. The molecule has 0 bridgehead atoms. The highest BCUT2D eigenvalue weighted by Gasteiger charge is 2.47. The van der Waals surface area contributed by atoms with Crippen molar-refractivity contribution in [3.63, 3.8) is 0 Å². The van der Waals surface area contributed by atoms with Crippen LogP contribution in [0.25, 0.3) is 0 Å². The first-order chi connectivity index (χ1) is 15.2. The minimum Gasteiger partial charge on any atom is -0.508 e. The van der Waals surface area contributed by atoms with Crippen LogP contribution in [0.15, 0.2) is 42.5 Å². The summed E-state index contributed by atoms with van der Waals surface area (Å²) in [5, 5.41) is 9.48. The van der Waals surface area contributed by atoms with Gasteiger partial charge in [-0.15, -0.1) is 0 Å². The molecule has 1 saturated heterocycles. The summed E-state index contributed by atoms with van der Waals surface area (Å²) in [5.74, 6) is -1.42. The Balaban J connectivity index is 1.98. The number of phenolic OH excluding ortho intramolecular Hbond substituents is 1. The number of halogens is 1. The van der Waals surface area contributed by atoms with Crippen molar-refractivity contribution in [3.05, 3.63) is 65.0 Å². The summed E-state index contributed by atoms with van der Waals surface area (Å²) in [6, 6.07) is 11.2. The van der Waals surface area contributed by atoms with E-state index in [1.54, 1.807) is 36.4 Å². The number of rotatable bonds is 6. The molecule has 1 heterocycles. The first-order valence-electron chi connectivity index (χ1n) is 10.8. The summed E-state index contributed by atoms with van der Waals surface area (Å²) in [5.41, 5.74) is 1.90. The van der Waals surface area contributed by atoms with Gasteiger partial charge in [0, 0.05) is 26.2 Å². The number of phenols is 1. The molecule has 2 aromatic rings. The first kappa shape index (κ1) is 23.7. The maximum Gasteiger partial charge on any atom is 0.303 e. The lowest BCUT2D eigenvalue weighted by atomic mass is 9.84. The van der Waals surface area contributed by atoms with Gasteiger partial charge in [-0.1, -0.05) is 32.0 Å². The van der Waals surface area contributed by atoms with Crippen molar-refractivity contribution in [1.29, 1.82) is 0 Å². The smallest absolute Gasteiger partial charge is 0.303 e. The van der Waals surface area contributed by atoms with Crippen molar-refractivity contribution in [3.8, 4) is 5.75 Å². The van der Waals surface area contributed by atoms with E-state index in [0.29, 0.717) is 24.0 Å². The standard InChI is InChI=1S/C25H29FO6/c1-5-22-14(2)23(30-15(3)27)25(31-16(4)28)24(32-22)18-8-11-21(26)19(13-18)12-17-6-9-20(29)10-7-17/h6-11,13-14,22-25,29H,5,12H2,1-4H3/t14-,22-,23+,24+,25-/m1/s1. The maximum absolute atomic E-state index is 14.6. The van der Waals surface area contributed by atoms with Gasteiger partial charge in [-0.25, -0.2) is 4.39 Å². The lowest BCUT2D eigenvalue weighted by Crippen LogP contribution is -2.52. The Kier molecular flexibility index (Phi) is 7.51. The SMILES string of the molecule is CC[C@H]1O[C@@H](c2ccc(F)c(Cc3ccc(O)cc3)c2)[C@H](OC(C)=O)[C@@H](OC(C)=O)[C@@H]1C. The lowest BCUT2D eigenvalue weighted by molar-refractivity contribution is -0.225. The molecule has 0 aliphatic carbocycles. The number of esters is 2. The molecule has 32 heavy (non-hydrogen) atoms. The fourth-order valence-corrected chi connectivity index (χ4v) is 4.24. The minimum absolute atomic E-state index is 0.138. The zero-order valence-electron chi connectivity index (χ0n) is 18.7. The van der Waals surface area contributed by atoms with E-state index < -0.39 is 30.3 Å². The van der Waals surface area contributed by atoms with Crippen LogP contribution in [-0.4, -0.2) is 35.4 Å². The molecule has 6 nitrogen and oxygen atoms in total. The summed E-state index contributed by atoms with van der Waals surface area (Å²) in [4.78, 5) is 23.7. The summed E-state index contributed by atoms with van der Waals surface area (Å²) >= 11 is 0. The molecule has 5 atom stereocenters. The van der Waals surface area contributed by atoms with Gasteiger partial charge in [-0.2, -0.15) is 0 Å². The molecule has 1 aliphatic rings. The first-order valence-corrected chi connectivity index (χ1v) is 10.8. The normalized spacial score (nSPS) is 25.2. The highest BCUT2D eigenvalue weighted by molar-refractivity contribution is 5.67. The Hall–Kier alpha value is -2.93. The number of aromatic hydroxyl groups is 1. The molecule has 7 heteroatoms. The van der Waals surface area contributed by atoms with E-state index >= 15 is 0 Å². The van der Waals surface area contributed by atoms with E-state index in [0.717, 1.165) is 5.56 Å². The van der Waals surface area contributed by atoms with Crippen LogP contribution in [0.5, 0.6) is 5.75 Å². The second kappa shape index (κ2) is 10.1. The molecule has 3 rings (SSSR count). The topological polar surface area (TPSA) is 82.1 Å². The second-order valence-corrected chi connectivity index (χ2v) is 8.20. The molecular weight excluding hydrogens is 415 g/mol. The third kappa shape index (κ3) is 5.46. The van der Waals surface area contributed by atoms with Gasteiger partial charge in [-0.05, 0) is 47.4 Å². The van der Waals surface area contributed by atoms with Crippen LogP contribution < -0.4 is 0 Å².